The maximum atomic E-state index is 12.1. The third kappa shape index (κ3) is 6.72. The molecule has 0 radical (unpaired) electrons. The highest BCUT2D eigenvalue weighted by atomic mass is 16.5. The van der Waals surface area contributed by atoms with Gasteiger partial charge in [-0.15, -0.1) is 0 Å². The van der Waals surface area contributed by atoms with Crippen LogP contribution in [0, 0.1) is 0 Å². The minimum absolute atomic E-state index is 0.333. The lowest BCUT2D eigenvalue weighted by Gasteiger charge is -2.11. The maximum absolute atomic E-state index is 12.1. The van der Waals surface area contributed by atoms with Crippen molar-refractivity contribution in [3.8, 4) is 5.75 Å². The average Bonchev–Trinajstić information content (AvgIpc) is 2.72. The number of esters is 1. The number of carbonyl (C=O) groups excluding carboxylic acids is 2. The fraction of sp³-hybridized carbons (Fsp3) is 0.391. The molecule has 0 aliphatic heterocycles. The summed E-state index contributed by atoms with van der Waals surface area (Å²) >= 11 is 0. The highest BCUT2D eigenvalue weighted by molar-refractivity contribution is 5.95. The van der Waals surface area contributed by atoms with Gasteiger partial charge in [0.25, 0.3) is 5.91 Å². The number of amides is 1. The van der Waals surface area contributed by atoms with E-state index in [-0.39, 0.29) is 12.5 Å². The first-order chi connectivity index (χ1) is 13.5. The van der Waals surface area contributed by atoms with Gasteiger partial charge < -0.3 is 14.8 Å². The maximum Gasteiger partial charge on any atom is 0.338 e. The summed E-state index contributed by atoms with van der Waals surface area (Å²) in [7, 11) is 0. The van der Waals surface area contributed by atoms with E-state index >= 15 is 0 Å². The highest BCUT2D eigenvalue weighted by Crippen LogP contribution is 2.20. The Morgan fingerprint density at radius 1 is 1.00 bits per heavy atom. The van der Waals surface area contributed by atoms with Crippen molar-refractivity contribution in [1.82, 2.24) is 0 Å². The zero-order chi connectivity index (χ0) is 20.4. The number of anilines is 1. The molecule has 1 amide bonds. The molecule has 2 aromatic rings. The predicted molar refractivity (Wildman–Crippen MR) is 111 cm³/mol. The summed E-state index contributed by atoms with van der Waals surface area (Å²) in [6, 6.07) is 14.4. The van der Waals surface area contributed by atoms with Gasteiger partial charge in [-0.25, -0.2) is 4.79 Å². The van der Waals surface area contributed by atoms with Crippen LogP contribution in [0.1, 0.15) is 61.9 Å². The summed E-state index contributed by atoms with van der Waals surface area (Å²) in [5.41, 5.74) is 2.30. The molecule has 0 aromatic heterocycles. The summed E-state index contributed by atoms with van der Waals surface area (Å²) in [4.78, 5) is 24.1. The Morgan fingerprint density at radius 2 is 1.68 bits per heavy atom. The van der Waals surface area contributed by atoms with Crippen LogP contribution in [0.3, 0.4) is 0 Å². The Hall–Kier alpha value is -2.82. The number of benzene rings is 2. The molecule has 5 heteroatoms. The zero-order valence-corrected chi connectivity index (χ0v) is 16.9. The molecular weight excluding hydrogens is 354 g/mol. The molecule has 2 rings (SSSR count). The molecular formula is C23H29NO4. The molecule has 0 heterocycles. The molecule has 2 aromatic carbocycles. The van der Waals surface area contributed by atoms with E-state index in [0.717, 1.165) is 19.3 Å². The summed E-state index contributed by atoms with van der Waals surface area (Å²) in [5, 5.41) is 2.73. The van der Waals surface area contributed by atoms with Crippen molar-refractivity contribution in [3.63, 3.8) is 0 Å². The van der Waals surface area contributed by atoms with Crippen molar-refractivity contribution in [2.24, 2.45) is 0 Å². The van der Waals surface area contributed by atoms with Crippen LogP contribution >= 0.6 is 0 Å². The number of carbonyl (C=O) groups is 2. The van der Waals surface area contributed by atoms with Gasteiger partial charge in [0.2, 0.25) is 0 Å². The highest BCUT2D eigenvalue weighted by Gasteiger charge is 2.11. The van der Waals surface area contributed by atoms with E-state index in [2.05, 4.69) is 26.1 Å². The van der Waals surface area contributed by atoms with Gasteiger partial charge in [-0.05, 0) is 60.7 Å². The number of nitrogens with one attached hydrogen (secondary N) is 1. The van der Waals surface area contributed by atoms with Crippen molar-refractivity contribution >= 4 is 17.6 Å². The van der Waals surface area contributed by atoms with Gasteiger partial charge in [0.05, 0.1) is 12.2 Å². The smallest absolute Gasteiger partial charge is 0.338 e. The van der Waals surface area contributed by atoms with Crippen molar-refractivity contribution in [2.75, 3.05) is 18.5 Å². The second-order valence-corrected chi connectivity index (χ2v) is 6.78. The Labute approximate surface area is 167 Å². The molecule has 0 spiro atoms. The van der Waals surface area contributed by atoms with E-state index in [1.807, 2.05) is 24.3 Å². The molecule has 150 valence electrons. The molecule has 0 saturated carbocycles. The molecule has 1 atom stereocenters. The van der Waals surface area contributed by atoms with Crippen LogP contribution in [0.5, 0.6) is 5.75 Å². The largest absolute Gasteiger partial charge is 0.494 e. The monoisotopic (exact) mass is 383 g/mol. The van der Waals surface area contributed by atoms with E-state index < -0.39 is 5.97 Å². The van der Waals surface area contributed by atoms with Crippen molar-refractivity contribution in [2.45, 2.75) is 46.0 Å². The molecule has 0 bridgehead atoms. The Morgan fingerprint density at radius 3 is 2.29 bits per heavy atom. The number of unbranched alkanes of at least 4 members (excludes halogenated alkanes) is 1. The van der Waals surface area contributed by atoms with Gasteiger partial charge >= 0.3 is 5.97 Å². The lowest BCUT2D eigenvalue weighted by atomic mass is 9.99. The van der Waals surface area contributed by atoms with E-state index in [9.17, 15) is 9.59 Å². The summed E-state index contributed by atoms with van der Waals surface area (Å²) in [5.74, 6) is 0.282. The van der Waals surface area contributed by atoms with Gasteiger partial charge in [-0.1, -0.05) is 39.3 Å². The molecule has 0 saturated heterocycles. The van der Waals surface area contributed by atoms with Crippen LogP contribution in [0.4, 0.5) is 5.69 Å². The van der Waals surface area contributed by atoms with Crippen LogP contribution < -0.4 is 10.1 Å². The van der Waals surface area contributed by atoms with E-state index in [1.54, 1.807) is 24.3 Å². The minimum atomic E-state index is -0.539. The lowest BCUT2D eigenvalue weighted by molar-refractivity contribution is -0.119. The first-order valence-corrected chi connectivity index (χ1v) is 9.83. The number of hydrogen-bond acceptors (Lipinski definition) is 4. The third-order valence-electron chi connectivity index (χ3n) is 4.57. The zero-order valence-electron chi connectivity index (χ0n) is 16.9. The number of hydrogen-bond donors (Lipinski definition) is 1. The first kappa shape index (κ1) is 21.5. The van der Waals surface area contributed by atoms with Gasteiger partial charge in [0.15, 0.2) is 6.61 Å². The minimum Gasteiger partial charge on any atom is -0.494 e. The second-order valence-electron chi connectivity index (χ2n) is 6.78. The topological polar surface area (TPSA) is 64.6 Å². The van der Waals surface area contributed by atoms with E-state index in [4.69, 9.17) is 9.47 Å². The fourth-order valence-electron chi connectivity index (χ4n) is 2.56. The molecule has 5 nitrogen and oxygen atoms in total. The molecule has 0 fully saturated rings. The van der Waals surface area contributed by atoms with Crippen LogP contribution in [-0.2, 0) is 9.53 Å². The normalized spacial score (nSPS) is 11.5. The van der Waals surface area contributed by atoms with Crippen molar-refractivity contribution in [1.29, 1.82) is 0 Å². The van der Waals surface area contributed by atoms with Crippen LogP contribution in [0.15, 0.2) is 48.5 Å². The standard InChI is InChI=1S/C23H29NO4/c1-4-6-15-27-21-13-9-19(10-14-21)23(26)28-16-22(25)24-20-11-7-18(8-12-20)17(3)5-2/h7-14,17H,4-6,15-16H2,1-3H3,(H,24,25)/t17-/m0/s1. The summed E-state index contributed by atoms with van der Waals surface area (Å²) in [6.07, 6.45) is 3.11. The Balaban J connectivity index is 1.79. The molecule has 0 aliphatic rings. The number of ether oxygens (including phenoxy) is 2. The Bertz CT molecular complexity index is 753. The van der Waals surface area contributed by atoms with Crippen LogP contribution in [0.2, 0.25) is 0 Å². The van der Waals surface area contributed by atoms with Gasteiger partial charge in [0.1, 0.15) is 5.75 Å². The quantitative estimate of drug-likeness (QED) is 0.454. The van der Waals surface area contributed by atoms with Crippen molar-refractivity contribution in [3.05, 3.63) is 59.7 Å². The van der Waals surface area contributed by atoms with Gasteiger partial charge in [0, 0.05) is 5.69 Å². The summed E-state index contributed by atoms with van der Waals surface area (Å²) < 4.78 is 10.6. The predicted octanol–water partition coefficient (Wildman–Crippen LogP) is 5.17. The second kappa shape index (κ2) is 11.1. The first-order valence-electron chi connectivity index (χ1n) is 9.83. The van der Waals surface area contributed by atoms with Crippen LogP contribution in [-0.4, -0.2) is 25.1 Å². The fourth-order valence-corrected chi connectivity index (χ4v) is 2.56. The lowest BCUT2D eigenvalue weighted by Crippen LogP contribution is -2.20. The average molecular weight is 383 g/mol. The molecule has 1 N–H and O–H groups in total. The Kier molecular flexibility index (Phi) is 8.53. The van der Waals surface area contributed by atoms with Gasteiger partial charge in [-0.2, -0.15) is 0 Å². The number of rotatable bonds is 10. The van der Waals surface area contributed by atoms with Gasteiger partial charge in [-0.3, -0.25) is 4.79 Å². The van der Waals surface area contributed by atoms with Crippen LogP contribution in [0.25, 0.3) is 0 Å². The van der Waals surface area contributed by atoms with E-state index in [0.29, 0.717) is 29.5 Å². The molecule has 0 aliphatic carbocycles. The van der Waals surface area contributed by atoms with Crippen molar-refractivity contribution < 1.29 is 19.1 Å². The van der Waals surface area contributed by atoms with E-state index in [1.165, 1.54) is 5.56 Å². The molecule has 28 heavy (non-hydrogen) atoms. The molecule has 0 unspecified atom stereocenters. The summed E-state index contributed by atoms with van der Waals surface area (Å²) in [6.45, 7) is 6.72. The SMILES string of the molecule is CCCCOc1ccc(C(=O)OCC(=O)Nc2ccc([C@@H](C)CC)cc2)cc1. The third-order valence-corrected chi connectivity index (χ3v) is 4.57.